The Morgan fingerprint density at radius 2 is 1.62 bits per heavy atom. The van der Waals surface area contributed by atoms with Gasteiger partial charge in [0.25, 0.3) is 0 Å². The zero-order valence-corrected chi connectivity index (χ0v) is 16.6. The lowest BCUT2D eigenvalue weighted by Crippen LogP contribution is -2.50. The average molecular weight is 364 g/mol. The Morgan fingerprint density at radius 3 is 2.15 bits per heavy atom. The molecule has 3 fully saturated rings. The molecule has 26 heavy (non-hydrogen) atoms. The Hall–Kier alpha value is -1.59. The molecule has 2 aliphatic heterocycles. The Morgan fingerprint density at radius 1 is 1.00 bits per heavy atom. The predicted molar refractivity (Wildman–Crippen MR) is 99.2 cm³/mol. The van der Waals surface area contributed by atoms with E-state index in [2.05, 4.69) is 19.2 Å². The van der Waals surface area contributed by atoms with E-state index in [0.29, 0.717) is 25.6 Å². The minimum Gasteiger partial charge on any atom is -0.355 e. The monoisotopic (exact) mass is 363 g/mol. The first-order valence-electron chi connectivity index (χ1n) is 9.99. The van der Waals surface area contributed by atoms with Crippen molar-refractivity contribution in [3.05, 3.63) is 0 Å². The van der Waals surface area contributed by atoms with Crippen molar-refractivity contribution < 1.29 is 14.4 Å². The van der Waals surface area contributed by atoms with Crippen molar-refractivity contribution in [1.82, 2.24) is 15.1 Å². The molecule has 0 unspecified atom stereocenters. The van der Waals surface area contributed by atoms with Crippen LogP contribution in [0, 0.1) is 22.7 Å². The Bertz CT molecular complexity index is 595. The molecule has 0 aromatic heterocycles. The summed E-state index contributed by atoms with van der Waals surface area (Å²) in [6, 6.07) is 0. The van der Waals surface area contributed by atoms with Crippen LogP contribution in [0.15, 0.2) is 0 Å². The van der Waals surface area contributed by atoms with Gasteiger partial charge >= 0.3 is 0 Å². The van der Waals surface area contributed by atoms with Gasteiger partial charge in [-0.1, -0.05) is 13.8 Å². The van der Waals surface area contributed by atoms with Crippen molar-refractivity contribution in [3.63, 3.8) is 0 Å². The molecule has 3 amide bonds. The predicted octanol–water partition coefficient (Wildman–Crippen LogP) is 1.65. The molecule has 0 radical (unpaired) electrons. The smallest absolute Gasteiger partial charge is 0.228 e. The SMILES string of the molecule is CC(=O)N1CCC2(CC1)CC[C@]1(C(=O)NCC(C)C)CN(C(C)=O)C[C@H]21. The van der Waals surface area contributed by atoms with E-state index < -0.39 is 5.41 Å². The lowest BCUT2D eigenvalue weighted by molar-refractivity contribution is -0.135. The Kier molecular flexibility index (Phi) is 5.06. The van der Waals surface area contributed by atoms with Gasteiger partial charge in [0.05, 0.1) is 5.41 Å². The summed E-state index contributed by atoms with van der Waals surface area (Å²) in [5.74, 6) is 0.946. The average Bonchev–Trinajstić information content (AvgIpc) is 3.11. The first-order chi connectivity index (χ1) is 12.2. The van der Waals surface area contributed by atoms with Gasteiger partial charge in [0, 0.05) is 46.6 Å². The number of fused-ring (bicyclic) bond motifs is 2. The number of nitrogens with zero attached hydrogens (tertiary/aromatic N) is 2. The molecule has 2 saturated heterocycles. The fraction of sp³-hybridized carbons (Fsp3) is 0.850. The third-order valence-electron chi connectivity index (χ3n) is 7.12. The first-order valence-corrected chi connectivity index (χ1v) is 9.99. The molecule has 0 bridgehead atoms. The van der Waals surface area contributed by atoms with Gasteiger partial charge in [-0.2, -0.15) is 0 Å². The van der Waals surface area contributed by atoms with Crippen molar-refractivity contribution in [2.45, 2.75) is 53.4 Å². The number of rotatable bonds is 3. The van der Waals surface area contributed by atoms with Crippen molar-refractivity contribution in [3.8, 4) is 0 Å². The zero-order valence-electron chi connectivity index (χ0n) is 16.6. The third-order valence-corrected chi connectivity index (χ3v) is 7.12. The number of carbonyl (C=O) groups excluding carboxylic acids is 3. The summed E-state index contributed by atoms with van der Waals surface area (Å²) < 4.78 is 0. The highest BCUT2D eigenvalue weighted by atomic mass is 16.2. The van der Waals surface area contributed by atoms with E-state index in [1.54, 1.807) is 13.8 Å². The van der Waals surface area contributed by atoms with E-state index in [0.717, 1.165) is 38.8 Å². The summed E-state index contributed by atoms with van der Waals surface area (Å²) in [4.78, 5) is 40.8. The highest BCUT2D eigenvalue weighted by molar-refractivity contribution is 5.86. The van der Waals surface area contributed by atoms with Gasteiger partial charge in [-0.05, 0) is 42.9 Å². The summed E-state index contributed by atoms with van der Waals surface area (Å²) in [5, 5.41) is 3.15. The summed E-state index contributed by atoms with van der Waals surface area (Å²) in [6.07, 6.45) is 3.78. The molecule has 1 saturated carbocycles. The van der Waals surface area contributed by atoms with E-state index in [-0.39, 0.29) is 29.1 Å². The van der Waals surface area contributed by atoms with Crippen LogP contribution in [0.2, 0.25) is 0 Å². The first kappa shape index (κ1) is 19.2. The largest absolute Gasteiger partial charge is 0.355 e. The molecule has 0 aromatic carbocycles. The number of hydrogen-bond acceptors (Lipinski definition) is 3. The summed E-state index contributed by atoms with van der Waals surface area (Å²) >= 11 is 0. The van der Waals surface area contributed by atoms with Gasteiger partial charge in [0.1, 0.15) is 0 Å². The Labute approximate surface area is 156 Å². The van der Waals surface area contributed by atoms with Gasteiger partial charge < -0.3 is 15.1 Å². The highest BCUT2D eigenvalue weighted by Gasteiger charge is 2.64. The van der Waals surface area contributed by atoms with Crippen LogP contribution in [0.25, 0.3) is 0 Å². The number of likely N-dealkylation sites (tertiary alicyclic amines) is 2. The number of amides is 3. The van der Waals surface area contributed by atoms with Crippen LogP contribution in [0.5, 0.6) is 0 Å². The molecule has 3 aliphatic rings. The minimum absolute atomic E-state index is 0.0618. The fourth-order valence-corrected chi connectivity index (χ4v) is 5.51. The molecular formula is C20H33N3O3. The number of carbonyl (C=O) groups is 3. The molecule has 1 spiro atoms. The van der Waals surface area contributed by atoms with Gasteiger partial charge in [-0.15, -0.1) is 0 Å². The van der Waals surface area contributed by atoms with Crippen LogP contribution in [0.1, 0.15) is 53.4 Å². The quantitative estimate of drug-likeness (QED) is 0.829. The normalized spacial score (nSPS) is 30.0. The molecule has 6 heteroatoms. The molecule has 6 nitrogen and oxygen atoms in total. The molecule has 1 N–H and O–H groups in total. The van der Waals surface area contributed by atoms with Gasteiger partial charge in [0.2, 0.25) is 17.7 Å². The van der Waals surface area contributed by atoms with Crippen LogP contribution >= 0.6 is 0 Å². The minimum atomic E-state index is -0.445. The highest BCUT2D eigenvalue weighted by Crippen LogP contribution is 2.62. The van der Waals surface area contributed by atoms with Gasteiger partial charge in [0.15, 0.2) is 0 Å². The second-order valence-electron chi connectivity index (χ2n) is 9.08. The standard InChI is InChI=1S/C20H33N3O3/c1-14(2)11-21-18(26)20-6-5-19(7-9-22(10-8-19)15(3)24)17(20)12-23(13-20)16(4)25/h14,17H,5-13H2,1-4H3,(H,21,26)/t17-,20+/m1/s1. The van der Waals surface area contributed by atoms with Gasteiger partial charge in [-0.25, -0.2) is 0 Å². The second kappa shape index (κ2) is 6.86. The number of piperidine rings is 1. The molecule has 2 atom stereocenters. The Balaban J connectivity index is 1.83. The number of nitrogens with one attached hydrogen (secondary N) is 1. The summed E-state index contributed by atoms with van der Waals surface area (Å²) in [7, 11) is 0. The lowest BCUT2D eigenvalue weighted by atomic mass is 9.65. The molecule has 146 valence electrons. The fourth-order valence-electron chi connectivity index (χ4n) is 5.51. The van der Waals surface area contributed by atoms with E-state index >= 15 is 0 Å². The van der Waals surface area contributed by atoms with Crippen molar-refractivity contribution >= 4 is 17.7 Å². The molecule has 0 aromatic rings. The topological polar surface area (TPSA) is 69.7 Å². The van der Waals surface area contributed by atoms with Crippen LogP contribution in [-0.2, 0) is 14.4 Å². The van der Waals surface area contributed by atoms with Crippen molar-refractivity contribution in [2.75, 3.05) is 32.7 Å². The van der Waals surface area contributed by atoms with Crippen LogP contribution < -0.4 is 5.32 Å². The van der Waals surface area contributed by atoms with E-state index in [9.17, 15) is 14.4 Å². The molecular weight excluding hydrogens is 330 g/mol. The summed E-state index contributed by atoms with van der Waals surface area (Å²) in [5.41, 5.74) is -0.357. The maximum atomic E-state index is 13.2. The van der Waals surface area contributed by atoms with Crippen molar-refractivity contribution in [1.29, 1.82) is 0 Å². The summed E-state index contributed by atoms with van der Waals surface area (Å²) in [6.45, 7) is 10.9. The molecule has 3 rings (SSSR count). The molecule has 2 heterocycles. The zero-order chi connectivity index (χ0) is 19.1. The lowest BCUT2D eigenvalue weighted by Gasteiger charge is -2.44. The van der Waals surface area contributed by atoms with Gasteiger partial charge in [-0.3, -0.25) is 14.4 Å². The van der Waals surface area contributed by atoms with E-state index in [1.807, 2.05) is 9.80 Å². The van der Waals surface area contributed by atoms with E-state index in [4.69, 9.17) is 0 Å². The van der Waals surface area contributed by atoms with Crippen LogP contribution in [0.3, 0.4) is 0 Å². The maximum absolute atomic E-state index is 13.2. The van der Waals surface area contributed by atoms with Crippen LogP contribution in [0.4, 0.5) is 0 Å². The van der Waals surface area contributed by atoms with Crippen LogP contribution in [-0.4, -0.2) is 60.2 Å². The van der Waals surface area contributed by atoms with Crippen molar-refractivity contribution in [2.24, 2.45) is 22.7 Å². The van der Waals surface area contributed by atoms with E-state index in [1.165, 1.54) is 0 Å². The number of hydrogen-bond donors (Lipinski definition) is 1. The maximum Gasteiger partial charge on any atom is 0.228 e. The second-order valence-corrected chi connectivity index (χ2v) is 9.08. The molecule has 1 aliphatic carbocycles. The third kappa shape index (κ3) is 3.12.